The monoisotopic (exact) mass is 242 g/mol. The van der Waals surface area contributed by atoms with Gasteiger partial charge in [-0.3, -0.25) is 0 Å². The third kappa shape index (κ3) is 1.88. The van der Waals surface area contributed by atoms with Crippen LogP contribution in [0.5, 0.6) is 0 Å². The van der Waals surface area contributed by atoms with E-state index in [0.29, 0.717) is 6.04 Å². The van der Waals surface area contributed by atoms with Crippen LogP contribution < -0.4 is 11.1 Å². The van der Waals surface area contributed by atoms with Gasteiger partial charge in [0.15, 0.2) is 0 Å². The fraction of sp³-hybridized carbons (Fsp3) is 0.625. The van der Waals surface area contributed by atoms with Crippen molar-refractivity contribution in [3.8, 4) is 0 Å². The highest BCUT2D eigenvalue weighted by atomic mass is 15.0. The SMILES string of the molecule is NC1CC(NC(C2CC2)C2CC2)c2ccccc21. The second kappa shape index (κ2) is 4.07. The summed E-state index contributed by atoms with van der Waals surface area (Å²) in [7, 11) is 0. The molecule has 3 aliphatic rings. The molecule has 0 amide bonds. The fourth-order valence-electron chi connectivity index (χ4n) is 3.63. The Morgan fingerprint density at radius 3 is 2.22 bits per heavy atom. The van der Waals surface area contributed by atoms with E-state index >= 15 is 0 Å². The van der Waals surface area contributed by atoms with Crippen LogP contribution >= 0.6 is 0 Å². The summed E-state index contributed by atoms with van der Waals surface area (Å²) in [6.07, 6.45) is 6.83. The lowest BCUT2D eigenvalue weighted by Gasteiger charge is -2.23. The summed E-state index contributed by atoms with van der Waals surface area (Å²) >= 11 is 0. The summed E-state index contributed by atoms with van der Waals surface area (Å²) in [6.45, 7) is 0. The molecule has 2 saturated carbocycles. The molecule has 0 saturated heterocycles. The van der Waals surface area contributed by atoms with Crippen molar-refractivity contribution in [1.82, 2.24) is 5.32 Å². The maximum absolute atomic E-state index is 6.26. The minimum Gasteiger partial charge on any atom is -0.324 e. The number of nitrogens with two attached hydrogens (primary N) is 1. The van der Waals surface area contributed by atoms with Crippen molar-refractivity contribution in [2.45, 2.75) is 50.2 Å². The molecule has 2 fully saturated rings. The second-order valence-electron chi connectivity index (χ2n) is 6.39. The minimum atomic E-state index is 0.234. The van der Waals surface area contributed by atoms with E-state index in [9.17, 15) is 0 Å². The van der Waals surface area contributed by atoms with Gasteiger partial charge in [0, 0.05) is 18.1 Å². The lowest BCUT2D eigenvalue weighted by atomic mass is 10.0. The van der Waals surface area contributed by atoms with Crippen LogP contribution in [-0.4, -0.2) is 6.04 Å². The van der Waals surface area contributed by atoms with Crippen molar-refractivity contribution >= 4 is 0 Å². The van der Waals surface area contributed by atoms with Crippen LogP contribution in [0.25, 0.3) is 0 Å². The smallest absolute Gasteiger partial charge is 0.0344 e. The number of rotatable bonds is 4. The van der Waals surface area contributed by atoms with Gasteiger partial charge in [0.05, 0.1) is 0 Å². The Hall–Kier alpha value is -0.860. The number of benzene rings is 1. The van der Waals surface area contributed by atoms with Gasteiger partial charge < -0.3 is 11.1 Å². The van der Waals surface area contributed by atoms with E-state index in [1.807, 2.05) is 0 Å². The van der Waals surface area contributed by atoms with Crippen molar-refractivity contribution in [3.05, 3.63) is 35.4 Å². The first kappa shape index (κ1) is 11.0. The van der Waals surface area contributed by atoms with Crippen LogP contribution in [0.1, 0.15) is 55.3 Å². The van der Waals surface area contributed by atoms with Crippen molar-refractivity contribution in [2.75, 3.05) is 0 Å². The third-order valence-electron chi connectivity index (χ3n) is 4.91. The van der Waals surface area contributed by atoms with E-state index in [0.717, 1.165) is 24.3 Å². The average Bonchev–Trinajstić information content (AvgIpc) is 3.26. The Kier molecular flexibility index (Phi) is 2.49. The molecule has 3 N–H and O–H groups in total. The number of nitrogens with one attached hydrogen (secondary N) is 1. The summed E-state index contributed by atoms with van der Waals surface area (Å²) in [5, 5.41) is 3.95. The van der Waals surface area contributed by atoms with Crippen LogP contribution in [0.3, 0.4) is 0 Å². The Bertz CT molecular complexity index is 436. The van der Waals surface area contributed by atoms with E-state index in [1.165, 1.54) is 36.8 Å². The quantitative estimate of drug-likeness (QED) is 0.852. The van der Waals surface area contributed by atoms with Gasteiger partial charge in [0.25, 0.3) is 0 Å². The molecule has 0 aliphatic heterocycles. The molecule has 2 heteroatoms. The maximum Gasteiger partial charge on any atom is 0.0344 e. The van der Waals surface area contributed by atoms with Gasteiger partial charge in [-0.15, -0.1) is 0 Å². The van der Waals surface area contributed by atoms with Crippen LogP contribution in [0.4, 0.5) is 0 Å². The molecule has 4 rings (SSSR count). The van der Waals surface area contributed by atoms with Gasteiger partial charge in [0.2, 0.25) is 0 Å². The van der Waals surface area contributed by atoms with E-state index in [4.69, 9.17) is 5.73 Å². The van der Waals surface area contributed by atoms with Crippen LogP contribution in [-0.2, 0) is 0 Å². The third-order valence-corrected chi connectivity index (χ3v) is 4.91. The Morgan fingerprint density at radius 1 is 1.00 bits per heavy atom. The molecule has 0 radical (unpaired) electrons. The molecule has 2 unspecified atom stereocenters. The summed E-state index contributed by atoms with van der Waals surface area (Å²) in [5.41, 5.74) is 9.07. The number of fused-ring (bicyclic) bond motifs is 1. The standard InChI is InChI=1S/C16H22N2/c17-14-9-15(13-4-2-1-3-12(13)14)18-16(10-5-6-10)11-7-8-11/h1-4,10-11,14-16,18H,5-9,17H2. The second-order valence-corrected chi connectivity index (χ2v) is 6.39. The zero-order chi connectivity index (χ0) is 12.1. The highest BCUT2D eigenvalue weighted by Gasteiger charge is 2.43. The van der Waals surface area contributed by atoms with Crippen LogP contribution in [0.15, 0.2) is 24.3 Å². The molecule has 0 heterocycles. The highest BCUT2D eigenvalue weighted by molar-refractivity contribution is 5.37. The largest absolute Gasteiger partial charge is 0.324 e. The van der Waals surface area contributed by atoms with Crippen LogP contribution in [0.2, 0.25) is 0 Å². The van der Waals surface area contributed by atoms with Crippen molar-refractivity contribution in [3.63, 3.8) is 0 Å². The van der Waals surface area contributed by atoms with Crippen molar-refractivity contribution < 1.29 is 0 Å². The van der Waals surface area contributed by atoms with Gasteiger partial charge in [-0.05, 0) is 55.1 Å². The molecule has 1 aromatic rings. The molecule has 2 atom stereocenters. The summed E-state index contributed by atoms with van der Waals surface area (Å²) in [5.74, 6) is 1.92. The predicted molar refractivity (Wildman–Crippen MR) is 73.1 cm³/mol. The number of hydrogen-bond donors (Lipinski definition) is 2. The fourth-order valence-corrected chi connectivity index (χ4v) is 3.63. The van der Waals surface area contributed by atoms with Crippen molar-refractivity contribution in [2.24, 2.45) is 17.6 Å². The van der Waals surface area contributed by atoms with Gasteiger partial charge in [-0.2, -0.15) is 0 Å². The van der Waals surface area contributed by atoms with Gasteiger partial charge >= 0.3 is 0 Å². The maximum atomic E-state index is 6.26. The topological polar surface area (TPSA) is 38.0 Å². The van der Waals surface area contributed by atoms with E-state index in [-0.39, 0.29) is 6.04 Å². The molecular formula is C16H22N2. The minimum absolute atomic E-state index is 0.234. The molecule has 2 nitrogen and oxygen atoms in total. The van der Waals surface area contributed by atoms with Gasteiger partial charge in [-0.1, -0.05) is 24.3 Å². The zero-order valence-corrected chi connectivity index (χ0v) is 10.8. The molecule has 18 heavy (non-hydrogen) atoms. The van der Waals surface area contributed by atoms with E-state index in [1.54, 1.807) is 0 Å². The Labute approximate surface area is 109 Å². The first-order valence-corrected chi connectivity index (χ1v) is 7.43. The summed E-state index contributed by atoms with van der Waals surface area (Å²) in [6, 6.07) is 10.2. The van der Waals surface area contributed by atoms with Crippen molar-refractivity contribution in [1.29, 1.82) is 0 Å². The molecule has 0 bridgehead atoms. The lowest BCUT2D eigenvalue weighted by molar-refractivity contribution is 0.356. The molecule has 3 aliphatic carbocycles. The highest BCUT2D eigenvalue weighted by Crippen LogP contribution is 2.47. The van der Waals surface area contributed by atoms with E-state index in [2.05, 4.69) is 29.6 Å². The average molecular weight is 242 g/mol. The molecular weight excluding hydrogens is 220 g/mol. The summed E-state index contributed by atoms with van der Waals surface area (Å²) < 4.78 is 0. The Morgan fingerprint density at radius 2 is 1.61 bits per heavy atom. The number of hydrogen-bond acceptors (Lipinski definition) is 2. The molecule has 96 valence electrons. The van der Waals surface area contributed by atoms with Gasteiger partial charge in [0.1, 0.15) is 0 Å². The molecule has 0 aromatic heterocycles. The normalized spacial score (nSPS) is 30.8. The first-order valence-electron chi connectivity index (χ1n) is 7.43. The summed E-state index contributed by atoms with van der Waals surface area (Å²) in [4.78, 5) is 0. The molecule has 1 aromatic carbocycles. The predicted octanol–water partition coefficient (Wildman–Crippen LogP) is 2.91. The van der Waals surface area contributed by atoms with E-state index < -0.39 is 0 Å². The lowest BCUT2D eigenvalue weighted by Crippen LogP contribution is -2.35. The van der Waals surface area contributed by atoms with Crippen LogP contribution in [0, 0.1) is 11.8 Å². The molecule has 0 spiro atoms. The Balaban J connectivity index is 1.55. The first-order chi connectivity index (χ1) is 8.83. The zero-order valence-electron chi connectivity index (χ0n) is 10.8. The van der Waals surface area contributed by atoms with Gasteiger partial charge in [-0.25, -0.2) is 0 Å².